The first-order chi connectivity index (χ1) is 8.29. The highest BCUT2D eigenvalue weighted by Crippen LogP contribution is 2.43. The summed E-state index contributed by atoms with van der Waals surface area (Å²) in [7, 11) is 0. The zero-order valence-corrected chi connectivity index (χ0v) is 11.3. The molecule has 1 fully saturated rings. The first-order valence-electron chi connectivity index (χ1n) is 5.91. The summed E-state index contributed by atoms with van der Waals surface area (Å²) in [5.41, 5.74) is 0. The van der Waals surface area contributed by atoms with Crippen LogP contribution in [0.25, 0.3) is 10.7 Å². The van der Waals surface area contributed by atoms with Crippen molar-refractivity contribution in [2.75, 3.05) is 0 Å². The van der Waals surface area contributed by atoms with Crippen molar-refractivity contribution in [1.29, 1.82) is 0 Å². The predicted octanol–water partition coefficient (Wildman–Crippen LogP) is 3.35. The van der Waals surface area contributed by atoms with Gasteiger partial charge in [0.1, 0.15) is 0 Å². The monoisotopic (exact) mass is 266 g/mol. The molecule has 1 aliphatic carbocycles. The second-order valence-electron chi connectivity index (χ2n) is 4.34. The molecule has 0 atom stereocenters. The van der Waals surface area contributed by atoms with Gasteiger partial charge in [-0.1, -0.05) is 6.92 Å². The van der Waals surface area contributed by atoms with E-state index in [0.717, 1.165) is 23.7 Å². The number of H-pyrrole nitrogens is 1. The Morgan fingerprint density at radius 2 is 2.41 bits per heavy atom. The number of aromatic nitrogens is 4. The number of hydrogen-bond acceptors (Lipinski definition) is 4. The molecule has 0 aromatic carbocycles. The second kappa shape index (κ2) is 4.34. The number of nitrogens with one attached hydrogen (secondary N) is 1. The Labute approximate surface area is 109 Å². The first kappa shape index (κ1) is 11.1. The van der Waals surface area contributed by atoms with Crippen molar-refractivity contribution in [2.45, 2.75) is 38.6 Å². The molecule has 1 aliphatic rings. The largest absolute Gasteiger partial charge is 0.299 e. The third-order valence-corrected chi connectivity index (χ3v) is 4.34. The normalized spacial score (nSPS) is 15.4. The molecule has 1 N–H and O–H groups in total. The van der Waals surface area contributed by atoms with Gasteiger partial charge in [-0.15, -0.1) is 11.3 Å². The van der Waals surface area contributed by atoms with Gasteiger partial charge in [-0.3, -0.25) is 9.67 Å². The minimum Gasteiger partial charge on any atom is -0.299 e. The quantitative estimate of drug-likeness (QED) is 0.863. The molecule has 4 nitrogen and oxygen atoms in total. The molecule has 2 aromatic heterocycles. The zero-order chi connectivity index (χ0) is 11.8. The average molecular weight is 266 g/mol. The molecule has 2 aromatic rings. The highest BCUT2D eigenvalue weighted by atomic mass is 32.1. The van der Waals surface area contributed by atoms with Gasteiger partial charge in [-0.05, 0) is 31.5 Å². The Kier molecular flexibility index (Phi) is 2.84. The second-order valence-corrected chi connectivity index (χ2v) is 5.79. The SMILES string of the molecule is CCCn1c(-c2cnc(C3CC3)s2)n[nH]c1=S. The molecule has 0 radical (unpaired) electrons. The third kappa shape index (κ3) is 2.07. The van der Waals surface area contributed by atoms with Crippen molar-refractivity contribution >= 4 is 23.6 Å². The van der Waals surface area contributed by atoms with Crippen LogP contribution in [-0.4, -0.2) is 19.7 Å². The summed E-state index contributed by atoms with van der Waals surface area (Å²) in [4.78, 5) is 5.60. The molecule has 0 spiro atoms. The number of thiazole rings is 1. The number of hydrogen-bond donors (Lipinski definition) is 1. The van der Waals surface area contributed by atoms with Gasteiger partial charge in [0.05, 0.1) is 9.88 Å². The standard InChI is InChI=1S/C11H14N4S2/c1-2-5-15-9(13-14-11(15)16)8-6-12-10(17-8)7-3-4-7/h6-7H,2-5H2,1H3,(H,14,16). The summed E-state index contributed by atoms with van der Waals surface area (Å²) < 4.78 is 2.75. The Balaban J connectivity index is 1.98. The molecule has 0 saturated heterocycles. The van der Waals surface area contributed by atoms with Crippen molar-refractivity contribution in [3.05, 3.63) is 16.0 Å². The lowest BCUT2D eigenvalue weighted by atomic mass is 10.4. The lowest BCUT2D eigenvalue weighted by Gasteiger charge is -2.01. The van der Waals surface area contributed by atoms with Gasteiger partial charge in [0.15, 0.2) is 10.6 Å². The smallest absolute Gasteiger partial charge is 0.195 e. The van der Waals surface area contributed by atoms with Crippen molar-refractivity contribution in [1.82, 2.24) is 19.7 Å². The van der Waals surface area contributed by atoms with Crippen molar-refractivity contribution < 1.29 is 0 Å². The van der Waals surface area contributed by atoms with Crippen molar-refractivity contribution in [2.24, 2.45) is 0 Å². The van der Waals surface area contributed by atoms with E-state index in [4.69, 9.17) is 12.2 Å². The van der Waals surface area contributed by atoms with Crippen LogP contribution in [-0.2, 0) is 6.54 Å². The van der Waals surface area contributed by atoms with Crippen LogP contribution >= 0.6 is 23.6 Å². The van der Waals surface area contributed by atoms with E-state index in [1.165, 1.54) is 17.8 Å². The topological polar surface area (TPSA) is 46.5 Å². The maximum Gasteiger partial charge on any atom is 0.195 e. The number of rotatable bonds is 4. The third-order valence-electron chi connectivity index (χ3n) is 2.88. The molecule has 0 bridgehead atoms. The van der Waals surface area contributed by atoms with Gasteiger partial charge in [-0.25, -0.2) is 4.98 Å². The Morgan fingerprint density at radius 1 is 1.59 bits per heavy atom. The minimum absolute atomic E-state index is 0.697. The van der Waals surface area contributed by atoms with Gasteiger partial charge in [0.2, 0.25) is 0 Å². The van der Waals surface area contributed by atoms with Gasteiger partial charge in [0.25, 0.3) is 0 Å². The van der Waals surface area contributed by atoms with Crippen LogP contribution in [0.15, 0.2) is 6.20 Å². The zero-order valence-electron chi connectivity index (χ0n) is 9.64. The van der Waals surface area contributed by atoms with Gasteiger partial charge < -0.3 is 0 Å². The summed E-state index contributed by atoms with van der Waals surface area (Å²) in [6, 6.07) is 0. The molecule has 3 rings (SSSR count). The van der Waals surface area contributed by atoms with Crippen LogP contribution in [0.3, 0.4) is 0 Å². The van der Waals surface area contributed by atoms with E-state index >= 15 is 0 Å². The van der Waals surface area contributed by atoms with E-state index in [1.54, 1.807) is 11.3 Å². The fourth-order valence-electron chi connectivity index (χ4n) is 1.85. The molecule has 6 heteroatoms. The molecule has 0 unspecified atom stereocenters. The fraction of sp³-hybridized carbons (Fsp3) is 0.545. The minimum atomic E-state index is 0.697. The lowest BCUT2D eigenvalue weighted by Crippen LogP contribution is -1.98. The molecular weight excluding hydrogens is 252 g/mol. The highest BCUT2D eigenvalue weighted by molar-refractivity contribution is 7.71. The van der Waals surface area contributed by atoms with Crippen LogP contribution in [0.4, 0.5) is 0 Å². The van der Waals surface area contributed by atoms with Gasteiger partial charge >= 0.3 is 0 Å². The molecule has 90 valence electrons. The summed E-state index contributed by atoms with van der Waals surface area (Å²) >= 11 is 6.99. The van der Waals surface area contributed by atoms with Crippen LogP contribution < -0.4 is 0 Å². The van der Waals surface area contributed by atoms with E-state index in [1.807, 2.05) is 6.20 Å². The molecule has 1 saturated carbocycles. The van der Waals surface area contributed by atoms with Gasteiger partial charge in [-0.2, -0.15) is 5.10 Å². The molecule has 0 amide bonds. The highest BCUT2D eigenvalue weighted by Gasteiger charge is 2.27. The van der Waals surface area contributed by atoms with Crippen LogP contribution in [0.5, 0.6) is 0 Å². The summed E-state index contributed by atoms with van der Waals surface area (Å²) in [6.07, 6.45) is 5.55. The van der Waals surface area contributed by atoms with E-state index < -0.39 is 0 Å². The lowest BCUT2D eigenvalue weighted by molar-refractivity contribution is 0.675. The molecule has 17 heavy (non-hydrogen) atoms. The average Bonchev–Trinajstić information content (AvgIpc) is 2.96. The Morgan fingerprint density at radius 3 is 3.12 bits per heavy atom. The van der Waals surface area contributed by atoms with Crippen LogP contribution in [0.1, 0.15) is 37.1 Å². The van der Waals surface area contributed by atoms with E-state index in [0.29, 0.717) is 10.7 Å². The summed E-state index contributed by atoms with van der Waals surface area (Å²) in [6.45, 7) is 3.04. The maximum atomic E-state index is 5.24. The first-order valence-corrected chi connectivity index (χ1v) is 7.13. The van der Waals surface area contributed by atoms with Crippen molar-refractivity contribution in [3.8, 4) is 10.7 Å². The number of aromatic amines is 1. The van der Waals surface area contributed by atoms with E-state index in [-0.39, 0.29) is 0 Å². The summed E-state index contributed by atoms with van der Waals surface area (Å²) in [5.74, 6) is 1.64. The molecule has 0 aliphatic heterocycles. The Bertz CT molecular complexity index is 576. The molecular formula is C11H14N4S2. The number of nitrogens with zero attached hydrogens (tertiary/aromatic N) is 3. The summed E-state index contributed by atoms with van der Waals surface area (Å²) in [5, 5.41) is 8.43. The van der Waals surface area contributed by atoms with Crippen LogP contribution in [0.2, 0.25) is 0 Å². The van der Waals surface area contributed by atoms with E-state index in [9.17, 15) is 0 Å². The fourth-order valence-corrected chi connectivity index (χ4v) is 3.16. The maximum absolute atomic E-state index is 5.24. The van der Waals surface area contributed by atoms with Crippen molar-refractivity contribution in [3.63, 3.8) is 0 Å². The molecule has 2 heterocycles. The van der Waals surface area contributed by atoms with Gasteiger partial charge in [0, 0.05) is 18.7 Å². The van der Waals surface area contributed by atoms with E-state index in [2.05, 4.69) is 26.7 Å². The predicted molar refractivity (Wildman–Crippen MR) is 70.8 cm³/mol. The Hall–Kier alpha value is -1.01. The van der Waals surface area contributed by atoms with Crippen LogP contribution in [0, 0.1) is 4.77 Å².